The minimum atomic E-state index is -0.768. The zero-order chi connectivity index (χ0) is 42.2. The second-order valence-electron chi connectivity index (χ2n) is 16.2. The molecule has 0 saturated carbocycles. The number of likely N-dealkylation sites (N-methyl/N-ethyl adjacent to an activating group) is 2. The molecule has 4 N–H and O–H groups in total. The molecule has 9 atom stereocenters. The summed E-state index contributed by atoms with van der Waals surface area (Å²) in [6, 6.07) is 7.73. The maximum Gasteiger partial charge on any atom is 0.245 e. The standard InChI is InChI=1S/C43H71N7O6S/c1-12-29(6)38(49(9)43(54)37(28(4)5)48-41(53)36(27(2)3)45-21-20-44-8)34(55-10)26-35(51)50-23-16-19-33(50)39(56-11)30(7)40(52)47-32(42-46-22-24-57-42)25-31-17-14-13-15-18-31/h13-15,17-18,22,24,27-30,32-34,36-39,44-45H,12,16,19-21,23,25-26H2,1-11H3,(H,47,52)(H,48,53)/t29-,30+,32-,33-,34+,36-,37-,38-,39+/m0/s1. The predicted octanol–water partition coefficient (Wildman–Crippen LogP) is 4.44. The molecule has 14 heteroatoms. The maximum absolute atomic E-state index is 14.3. The number of hydrogen-bond acceptors (Lipinski definition) is 10. The molecule has 1 aliphatic heterocycles. The lowest BCUT2D eigenvalue weighted by Gasteiger charge is -2.41. The summed E-state index contributed by atoms with van der Waals surface area (Å²) in [5.74, 6) is -1.45. The largest absolute Gasteiger partial charge is 0.379 e. The highest BCUT2D eigenvalue weighted by molar-refractivity contribution is 7.09. The minimum Gasteiger partial charge on any atom is -0.379 e. The first-order valence-electron chi connectivity index (χ1n) is 20.7. The maximum atomic E-state index is 14.3. The Morgan fingerprint density at radius 2 is 1.63 bits per heavy atom. The van der Waals surface area contributed by atoms with E-state index in [4.69, 9.17) is 9.47 Å². The van der Waals surface area contributed by atoms with E-state index in [2.05, 4.69) is 40.1 Å². The third-order valence-corrected chi connectivity index (χ3v) is 12.4. The van der Waals surface area contributed by atoms with Crippen molar-refractivity contribution in [2.45, 2.75) is 123 Å². The Morgan fingerprint density at radius 3 is 2.19 bits per heavy atom. The Kier molecular flexibility index (Phi) is 20.1. The summed E-state index contributed by atoms with van der Waals surface area (Å²) < 4.78 is 12.1. The first-order valence-corrected chi connectivity index (χ1v) is 21.6. The fourth-order valence-electron chi connectivity index (χ4n) is 8.03. The van der Waals surface area contributed by atoms with Crippen molar-refractivity contribution in [2.75, 3.05) is 47.9 Å². The first-order chi connectivity index (χ1) is 27.2. The van der Waals surface area contributed by atoms with Crippen LogP contribution < -0.4 is 21.3 Å². The Labute approximate surface area is 345 Å². The molecule has 4 amide bonds. The van der Waals surface area contributed by atoms with Gasteiger partial charge in [0.1, 0.15) is 11.0 Å². The summed E-state index contributed by atoms with van der Waals surface area (Å²) in [5, 5.41) is 15.4. The molecule has 0 aliphatic carbocycles. The molecule has 1 fully saturated rings. The van der Waals surface area contributed by atoms with Gasteiger partial charge >= 0.3 is 0 Å². The van der Waals surface area contributed by atoms with Crippen LogP contribution >= 0.6 is 11.3 Å². The lowest BCUT2D eigenvalue weighted by Crippen LogP contribution is -2.60. The van der Waals surface area contributed by atoms with Crippen LogP contribution in [0.1, 0.15) is 90.8 Å². The monoisotopic (exact) mass is 814 g/mol. The van der Waals surface area contributed by atoms with Gasteiger partial charge in [0.15, 0.2) is 0 Å². The number of benzene rings is 1. The van der Waals surface area contributed by atoms with Gasteiger partial charge in [-0.15, -0.1) is 11.3 Å². The molecule has 2 heterocycles. The van der Waals surface area contributed by atoms with E-state index in [1.807, 2.05) is 82.3 Å². The number of amides is 4. The van der Waals surface area contributed by atoms with Crippen LogP contribution in [0.3, 0.4) is 0 Å². The van der Waals surface area contributed by atoms with E-state index in [-0.39, 0.29) is 59.9 Å². The highest BCUT2D eigenvalue weighted by Gasteiger charge is 2.43. The average Bonchev–Trinajstić information content (AvgIpc) is 3.92. The number of methoxy groups -OCH3 is 2. The molecule has 0 unspecified atom stereocenters. The van der Waals surface area contributed by atoms with Crippen LogP contribution in [0.4, 0.5) is 0 Å². The Hall–Kier alpha value is -3.43. The van der Waals surface area contributed by atoms with Crippen molar-refractivity contribution < 1.29 is 28.7 Å². The molecule has 1 aromatic heterocycles. The van der Waals surface area contributed by atoms with Crippen molar-refractivity contribution in [1.82, 2.24) is 36.1 Å². The number of hydrogen-bond donors (Lipinski definition) is 4. The zero-order valence-corrected chi connectivity index (χ0v) is 37.1. The van der Waals surface area contributed by atoms with Gasteiger partial charge in [0.25, 0.3) is 0 Å². The van der Waals surface area contributed by atoms with Gasteiger partial charge in [-0.05, 0) is 49.6 Å². The number of nitrogens with zero attached hydrogens (tertiary/aromatic N) is 3. The number of likely N-dealkylation sites (tertiary alicyclic amines) is 1. The van der Waals surface area contributed by atoms with Gasteiger partial charge in [-0.2, -0.15) is 0 Å². The van der Waals surface area contributed by atoms with Crippen molar-refractivity contribution in [2.24, 2.45) is 23.7 Å². The quantitative estimate of drug-likeness (QED) is 0.113. The third kappa shape index (κ3) is 13.3. The summed E-state index contributed by atoms with van der Waals surface area (Å²) in [5.41, 5.74) is 1.09. The van der Waals surface area contributed by atoms with Crippen LogP contribution in [0.2, 0.25) is 0 Å². The summed E-state index contributed by atoms with van der Waals surface area (Å²) in [7, 11) is 6.79. The lowest BCUT2D eigenvalue weighted by atomic mass is 9.89. The minimum absolute atomic E-state index is 0.0154. The number of aromatic nitrogens is 1. The van der Waals surface area contributed by atoms with E-state index >= 15 is 0 Å². The van der Waals surface area contributed by atoms with Gasteiger partial charge in [-0.3, -0.25) is 19.2 Å². The molecule has 0 bridgehead atoms. The third-order valence-electron chi connectivity index (χ3n) is 11.5. The molecule has 1 saturated heterocycles. The molecule has 1 aromatic carbocycles. The van der Waals surface area contributed by atoms with Crippen LogP contribution in [0.25, 0.3) is 0 Å². The van der Waals surface area contributed by atoms with Crippen LogP contribution in [0.15, 0.2) is 41.9 Å². The van der Waals surface area contributed by atoms with Crippen molar-refractivity contribution in [1.29, 1.82) is 0 Å². The first kappa shape index (κ1) is 47.9. The summed E-state index contributed by atoms with van der Waals surface area (Å²) in [4.78, 5) is 64.2. The van der Waals surface area contributed by atoms with Gasteiger partial charge in [-0.25, -0.2) is 4.98 Å². The van der Waals surface area contributed by atoms with E-state index in [9.17, 15) is 19.2 Å². The Balaban J connectivity index is 1.78. The average molecular weight is 814 g/mol. The second kappa shape index (κ2) is 23.8. The van der Waals surface area contributed by atoms with Gasteiger partial charge < -0.3 is 40.5 Å². The summed E-state index contributed by atoms with van der Waals surface area (Å²) >= 11 is 1.51. The number of rotatable bonds is 24. The van der Waals surface area contributed by atoms with Crippen molar-refractivity contribution in [3.8, 4) is 0 Å². The predicted molar refractivity (Wildman–Crippen MR) is 227 cm³/mol. The zero-order valence-electron chi connectivity index (χ0n) is 36.2. The summed E-state index contributed by atoms with van der Waals surface area (Å²) in [6.07, 6.45) is 3.46. The molecule has 320 valence electrons. The fraction of sp³-hybridized carbons (Fsp3) is 0.698. The number of nitrogens with one attached hydrogen (secondary N) is 4. The molecule has 3 rings (SSSR count). The second-order valence-corrected chi connectivity index (χ2v) is 17.1. The van der Waals surface area contributed by atoms with Gasteiger partial charge in [0.05, 0.1) is 48.7 Å². The molecule has 57 heavy (non-hydrogen) atoms. The van der Waals surface area contributed by atoms with Gasteiger partial charge in [-0.1, -0.05) is 85.2 Å². The van der Waals surface area contributed by atoms with Crippen LogP contribution in [0, 0.1) is 23.7 Å². The van der Waals surface area contributed by atoms with E-state index in [0.29, 0.717) is 32.5 Å². The Bertz CT molecular complexity index is 1510. The van der Waals surface area contributed by atoms with Crippen molar-refractivity contribution >= 4 is 35.0 Å². The van der Waals surface area contributed by atoms with Crippen molar-refractivity contribution in [3.05, 3.63) is 52.5 Å². The molecule has 0 spiro atoms. The SMILES string of the molecule is CC[C@H](C)[C@@H]([C@@H](CC(=O)N1CCC[C@H]1[C@H](OC)[C@@H](C)C(=O)N[C@@H](Cc1ccccc1)c1nccs1)OC)N(C)C(=O)[C@@H](NC(=O)[C@@H](NCCNC)C(C)C)C(C)C. The molecule has 0 radical (unpaired) electrons. The van der Waals surface area contributed by atoms with E-state index in [1.165, 1.54) is 11.3 Å². The van der Waals surface area contributed by atoms with E-state index < -0.39 is 36.3 Å². The normalized spacial score (nSPS) is 18.7. The number of carbonyl (C=O) groups is 4. The van der Waals surface area contributed by atoms with Gasteiger partial charge in [0.2, 0.25) is 23.6 Å². The molecule has 13 nitrogen and oxygen atoms in total. The molecular formula is C43H71N7O6S. The van der Waals surface area contributed by atoms with Crippen LogP contribution in [0.5, 0.6) is 0 Å². The topological polar surface area (TPSA) is 154 Å². The van der Waals surface area contributed by atoms with E-state index in [0.717, 1.165) is 23.4 Å². The smallest absolute Gasteiger partial charge is 0.245 e. The number of ether oxygens (including phenoxy) is 2. The number of thiazole rings is 1. The van der Waals surface area contributed by atoms with Crippen molar-refractivity contribution in [3.63, 3.8) is 0 Å². The molecule has 1 aliphatic rings. The van der Waals surface area contributed by atoms with Gasteiger partial charge in [0, 0.05) is 52.5 Å². The number of carbonyl (C=O) groups excluding carboxylic acids is 4. The molecular weight excluding hydrogens is 743 g/mol. The lowest BCUT2D eigenvalue weighted by molar-refractivity contribution is -0.147. The van der Waals surface area contributed by atoms with E-state index in [1.54, 1.807) is 32.4 Å². The highest BCUT2D eigenvalue weighted by Crippen LogP contribution is 2.30. The fourth-order valence-corrected chi connectivity index (χ4v) is 8.71. The molecule has 2 aromatic rings. The van der Waals surface area contributed by atoms with Crippen LogP contribution in [-0.2, 0) is 35.1 Å². The summed E-state index contributed by atoms with van der Waals surface area (Å²) in [6.45, 7) is 15.6. The Morgan fingerprint density at radius 1 is 0.947 bits per heavy atom. The van der Waals surface area contributed by atoms with Crippen LogP contribution in [-0.4, -0.2) is 123 Å². The highest BCUT2D eigenvalue weighted by atomic mass is 32.1.